The van der Waals surface area contributed by atoms with Crippen molar-refractivity contribution in [3.05, 3.63) is 54.9 Å². The number of thiophene rings is 1. The molecular formula is C16H13Br2N3OS. The predicted molar refractivity (Wildman–Crippen MR) is 98.1 cm³/mol. The van der Waals surface area contributed by atoms with Gasteiger partial charge in [-0.05, 0) is 74.3 Å². The fourth-order valence-electron chi connectivity index (χ4n) is 3.06. The number of rotatable bonds is 1. The Bertz CT molecular complexity index is 917. The van der Waals surface area contributed by atoms with Crippen LogP contribution in [-0.2, 0) is 6.42 Å². The molecular weight excluding hydrogens is 442 g/mol. The minimum Gasteiger partial charge on any atom is -0.330 e. The summed E-state index contributed by atoms with van der Waals surface area (Å²) in [6.07, 6.45) is 2.78. The van der Waals surface area contributed by atoms with Gasteiger partial charge >= 0.3 is 0 Å². The smallest absolute Gasteiger partial charge is 0.274 e. The van der Waals surface area contributed by atoms with Gasteiger partial charge in [-0.1, -0.05) is 0 Å². The highest BCUT2D eigenvalue weighted by molar-refractivity contribution is 9.11. The van der Waals surface area contributed by atoms with Crippen molar-refractivity contribution in [1.29, 1.82) is 0 Å². The number of amides is 1. The van der Waals surface area contributed by atoms with E-state index < -0.39 is 0 Å². The SMILES string of the molecule is CC1c2ccsc2CCN1C(=O)c1cc2c(Br)cc(Br)cn2n1. The third-order valence-electron chi connectivity index (χ3n) is 4.25. The number of nitrogens with zero attached hydrogens (tertiary/aromatic N) is 3. The lowest BCUT2D eigenvalue weighted by molar-refractivity contribution is 0.0673. The highest BCUT2D eigenvalue weighted by Gasteiger charge is 2.30. The van der Waals surface area contributed by atoms with Gasteiger partial charge in [0.1, 0.15) is 0 Å². The molecule has 0 bridgehead atoms. The first kappa shape index (κ1) is 15.4. The molecule has 4 rings (SSSR count). The molecule has 0 saturated carbocycles. The molecule has 0 spiro atoms. The molecule has 7 heteroatoms. The number of fused-ring (bicyclic) bond motifs is 2. The maximum absolute atomic E-state index is 12.9. The third-order valence-corrected chi connectivity index (χ3v) is 6.31. The average Bonchev–Trinajstić information content (AvgIpc) is 3.13. The van der Waals surface area contributed by atoms with E-state index in [1.807, 2.05) is 23.2 Å². The van der Waals surface area contributed by atoms with Crippen LogP contribution in [-0.4, -0.2) is 27.0 Å². The zero-order chi connectivity index (χ0) is 16.1. The highest BCUT2D eigenvalue weighted by Crippen LogP contribution is 2.34. The number of carbonyl (C=O) groups is 1. The van der Waals surface area contributed by atoms with Gasteiger partial charge in [0.2, 0.25) is 0 Å². The van der Waals surface area contributed by atoms with E-state index in [1.54, 1.807) is 15.9 Å². The molecule has 118 valence electrons. The summed E-state index contributed by atoms with van der Waals surface area (Å²) in [5, 5.41) is 6.56. The van der Waals surface area contributed by atoms with Crippen molar-refractivity contribution < 1.29 is 4.79 Å². The zero-order valence-electron chi connectivity index (χ0n) is 12.3. The van der Waals surface area contributed by atoms with Crippen molar-refractivity contribution in [2.45, 2.75) is 19.4 Å². The molecule has 4 heterocycles. The van der Waals surface area contributed by atoms with E-state index in [4.69, 9.17) is 0 Å². The lowest BCUT2D eigenvalue weighted by Gasteiger charge is -2.33. The van der Waals surface area contributed by atoms with Gasteiger partial charge in [-0.3, -0.25) is 4.79 Å². The van der Waals surface area contributed by atoms with Crippen LogP contribution >= 0.6 is 43.2 Å². The summed E-state index contributed by atoms with van der Waals surface area (Å²) in [6, 6.07) is 6.01. The number of carbonyl (C=O) groups excluding carboxylic acids is 1. The molecule has 1 amide bonds. The second-order valence-corrected chi connectivity index (χ2v) is 8.36. The van der Waals surface area contributed by atoms with E-state index in [0.29, 0.717) is 5.69 Å². The monoisotopic (exact) mass is 453 g/mol. The van der Waals surface area contributed by atoms with Crippen LogP contribution in [0.2, 0.25) is 0 Å². The maximum atomic E-state index is 12.9. The summed E-state index contributed by atoms with van der Waals surface area (Å²) in [4.78, 5) is 16.2. The summed E-state index contributed by atoms with van der Waals surface area (Å²) in [6.45, 7) is 2.83. The standard InChI is InChI=1S/C16H13Br2N3OS/c1-9-11-3-5-23-15(11)2-4-20(9)16(22)13-7-14-12(18)6-10(17)8-21(14)19-13/h3,5-9H,2,4H2,1H3. The Hall–Kier alpha value is -1.18. The molecule has 1 atom stereocenters. The Morgan fingerprint density at radius 2 is 2.22 bits per heavy atom. The topological polar surface area (TPSA) is 37.6 Å². The Morgan fingerprint density at radius 1 is 1.39 bits per heavy atom. The number of hydrogen-bond acceptors (Lipinski definition) is 3. The summed E-state index contributed by atoms with van der Waals surface area (Å²) < 4.78 is 3.55. The van der Waals surface area contributed by atoms with Crippen molar-refractivity contribution in [2.24, 2.45) is 0 Å². The Kier molecular flexibility index (Phi) is 3.82. The van der Waals surface area contributed by atoms with Gasteiger partial charge in [-0.2, -0.15) is 5.10 Å². The van der Waals surface area contributed by atoms with Crippen LogP contribution in [0.15, 0.2) is 38.7 Å². The molecule has 0 aliphatic carbocycles. The van der Waals surface area contributed by atoms with Crippen LogP contribution in [0, 0.1) is 0 Å². The van der Waals surface area contributed by atoms with Crippen molar-refractivity contribution in [2.75, 3.05) is 6.54 Å². The molecule has 0 saturated heterocycles. The Morgan fingerprint density at radius 3 is 3.04 bits per heavy atom. The van der Waals surface area contributed by atoms with Crippen molar-refractivity contribution in [3.8, 4) is 0 Å². The average molecular weight is 455 g/mol. The molecule has 4 nitrogen and oxygen atoms in total. The van der Waals surface area contributed by atoms with Gasteiger partial charge in [-0.15, -0.1) is 11.3 Å². The summed E-state index contributed by atoms with van der Waals surface area (Å²) >= 11 is 8.74. The first-order valence-corrected chi connectivity index (χ1v) is 9.73. The van der Waals surface area contributed by atoms with Crippen LogP contribution in [0.3, 0.4) is 0 Å². The lowest BCUT2D eigenvalue weighted by atomic mass is 10.0. The number of aromatic nitrogens is 2. The van der Waals surface area contributed by atoms with E-state index in [0.717, 1.165) is 27.4 Å². The van der Waals surface area contributed by atoms with Crippen molar-refractivity contribution >= 4 is 54.6 Å². The fourth-order valence-corrected chi connectivity index (χ4v) is 5.29. The normalized spacial score (nSPS) is 17.5. The first-order valence-electron chi connectivity index (χ1n) is 7.26. The van der Waals surface area contributed by atoms with Gasteiger partial charge in [0.05, 0.1) is 11.6 Å². The molecule has 0 radical (unpaired) electrons. The quantitative estimate of drug-likeness (QED) is 0.535. The minimum atomic E-state index is -0.0129. The van der Waals surface area contributed by atoms with Gasteiger partial charge < -0.3 is 4.90 Å². The largest absolute Gasteiger partial charge is 0.330 e. The van der Waals surface area contributed by atoms with E-state index in [9.17, 15) is 4.79 Å². The second kappa shape index (κ2) is 5.72. The first-order chi connectivity index (χ1) is 11.0. The van der Waals surface area contributed by atoms with Gasteiger partial charge in [0, 0.05) is 26.6 Å². The van der Waals surface area contributed by atoms with E-state index >= 15 is 0 Å². The number of halogens is 2. The van der Waals surface area contributed by atoms with Crippen molar-refractivity contribution in [3.63, 3.8) is 0 Å². The fraction of sp³-hybridized carbons (Fsp3) is 0.250. The summed E-state index contributed by atoms with van der Waals surface area (Å²) in [7, 11) is 0. The third kappa shape index (κ3) is 2.55. The molecule has 1 aliphatic rings. The van der Waals surface area contributed by atoms with Crippen LogP contribution in [0.1, 0.15) is 33.9 Å². The van der Waals surface area contributed by atoms with E-state index in [2.05, 4.69) is 55.3 Å². The van der Waals surface area contributed by atoms with E-state index in [1.165, 1.54) is 10.4 Å². The molecule has 1 aliphatic heterocycles. The summed E-state index contributed by atoms with van der Waals surface area (Å²) in [5.41, 5.74) is 2.63. The van der Waals surface area contributed by atoms with Crippen LogP contribution < -0.4 is 0 Å². The number of hydrogen-bond donors (Lipinski definition) is 0. The molecule has 1 unspecified atom stereocenters. The van der Waals surface area contributed by atoms with Crippen molar-refractivity contribution in [1.82, 2.24) is 14.5 Å². The number of pyridine rings is 1. The molecule has 0 fully saturated rings. The molecule has 3 aromatic rings. The zero-order valence-corrected chi connectivity index (χ0v) is 16.3. The second-order valence-electron chi connectivity index (χ2n) is 5.59. The Labute approximate surface area is 154 Å². The molecule has 23 heavy (non-hydrogen) atoms. The highest BCUT2D eigenvalue weighted by atomic mass is 79.9. The van der Waals surface area contributed by atoms with Crippen LogP contribution in [0.25, 0.3) is 5.52 Å². The minimum absolute atomic E-state index is 0.0129. The summed E-state index contributed by atoms with van der Waals surface area (Å²) in [5.74, 6) is -0.0129. The van der Waals surface area contributed by atoms with Crippen LogP contribution in [0.4, 0.5) is 0 Å². The van der Waals surface area contributed by atoms with E-state index in [-0.39, 0.29) is 11.9 Å². The Balaban J connectivity index is 1.71. The van der Waals surface area contributed by atoms with Crippen LogP contribution in [0.5, 0.6) is 0 Å². The van der Waals surface area contributed by atoms with Gasteiger partial charge in [0.15, 0.2) is 5.69 Å². The predicted octanol–water partition coefficient (Wildman–Crippen LogP) is 4.68. The molecule has 0 N–H and O–H groups in total. The maximum Gasteiger partial charge on any atom is 0.274 e. The molecule has 0 aromatic carbocycles. The van der Waals surface area contributed by atoms with Gasteiger partial charge in [-0.25, -0.2) is 4.52 Å². The lowest BCUT2D eigenvalue weighted by Crippen LogP contribution is -2.38. The van der Waals surface area contributed by atoms with Gasteiger partial charge in [0.25, 0.3) is 5.91 Å². The molecule has 3 aromatic heterocycles.